The summed E-state index contributed by atoms with van der Waals surface area (Å²) in [5.74, 6) is -0.893. The summed E-state index contributed by atoms with van der Waals surface area (Å²) < 4.78 is 16.9. The largest absolute Gasteiger partial charge is 0.462 e. The zero-order valence-corrected chi connectivity index (χ0v) is 44.9. The van der Waals surface area contributed by atoms with Crippen LogP contribution in [-0.4, -0.2) is 37.2 Å². The molecule has 0 heterocycles. The highest BCUT2D eigenvalue weighted by atomic mass is 16.6. The molecule has 0 spiro atoms. The van der Waals surface area contributed by atoms with Gasteiger partial charge in [0.05, 0.1) is 0 Å². The predicted octanol–water partition coefficient (Wildman–Crippen LogP) is 19.4. The third kappa shape index (κ3) is 53.8. The molecule has 392 valence electrons. The number of hydrogen-bond donors (Lipinski definition) is 0. The Hall–Kier alpha value is -3.15. The van der Waals surface area contributed by atoms with E-state index >= 15 is 0 Å². The normalized spacial score (nSPS) is 12.6. The van der Waals surface area contributed by atoms with E-state index < -0.39 is 6.10 Å². The predicted molar refractivity (Wildman–Crippen MR) is 293 cm³/mol. The van der Waals surface area contributed by atoms with Crippen LogP contribution in [0.15, 0.2) is 72.9 Å². The molecule has 0 aromatic carbocycles. The van der Waals surface area contributed by atoms with Crippen molar-refractivity contribution in [1.82, 2.24) is 0 Å². The number of carbonyl (C=O) groups is 3. The Kier molecular flexibility index (Phi) is 53.8. The van der Waals surface area contributed by atoms with Gasteiger partial charge in [-0.15, -0.1) is 0 Å². The van der Waals surface area contributed by atoms with Crippen molar-refractivity contribution in [2.24, 2.45) is 0 Å². The van der Waals surface area contributed by atoms with E-state index in [1.807, 2.05) is 0 Å². The molecule has 0 amide bonds. The number of esters is 3. The van der Waals surface area contributed by atoms with Gasteiger partial charge in [-0.2, -0.15) is 0 Å². The first-order valence-corrected chi connectivity index (χ1v) is 28.9. The van der Waals surface area contributed by atoms with Crippen LogP contribution in [-0.2, 0) is 28.6 Å². The second-order valence-corrected chi connectivity index (χ2v) is 19.1. The Labute approximate surface area is 421 Å². The van der Waals surface area contributed by atoms with Crippen molar-refractivity contribution in [2.45, 2.75) is 290 Å². The van der Waals surface area contributed by atoms with Gasteiger partial charge in [0.1, 0.15) is 13.2 Å². The first-order chi connectivity index (χ1) is 33.5. The molecule has 0 aliphatic rings. The Balaban J connectivity index is 4.38. The summed E-state index contributed by atoms with van der Waals surface area (Å²) in [6, 6.07) is 0. The molecule has 0 fully saturated rings. The Morgan fingerprint density at radius 2 is 0.574 bits per heavy atom. The molecule has 0 radical (unpaired) electrons. The molecular weight excluding hydrogens is 841 g/mol. The van der Waals surface area contributed by atoms with Crippen molar-refractivity contribution < 1.29 is 28.6 Å². The minimum atomic E-state index is -0.783. The smallest absolute Gasteiger partial charge is 0.306 e. The molecule has 0 saturated heterocycles. The third-order valence-corrected chi connectivity index (χ3v) is 12.5. The van der Waals surface area contributed by atoms with Crippen LogP contribution in [0, 0.1) is 0 Å². The maximum absolute atomic E-state index is 12.9. The topological polar surface area (TPSA) is 78.9 Å². The summed E-state index contributed by atoms with van der Waals surface area (Å²) >= 11 is 0. The van der Waals surface area contributed by atoms with Crippen LogP contribution in [0.4, 0.5) is 0 Å². The highest BCUT2D eigenvalue weighted by molar-refractivity contribution is 5.71. The molecule has 0 aromatic heterocycles. The number of allylic oxidation sites excluding steroid dienone is 12. The number of rotatable bonds is 52. The van der Waals surface area contributed by atoms with E-state index in [0.717, 1.165) is 109 Å². The first-order valence-electron chi connectivity index (χ1n) is 28.9. The highest BCUT2D eigenvalue weighted by Crippen LogP contribution is 2.16. The summed E-state index contributed by atoms with van der Waals surface area (Å²) in [4.78, 5) is 38.2. The minimum absolute atomic E-state index is 0.0822. The molecule has 0 rings (SSSR count). The van der Waals surface area contributed by atoms with Gasteiger partial charge in [-0.25, -0.2) is 0 Å². The molecule has 0 aromatic rings. The fraction of sp³-hybridized carbons (Fsp3) is 0.758. The van der Waals surface area contributed by atoms with E-state index in [-0.39, 0.29) is 31.1 Å². The average Bonchev–Trinajstić information content (AvgIpc) is 3.34. The number of ether oxygens (including phenoxy) is 3. The maximum Gasteiger partial charge on any atom is 0.306 e. The zero-order chi connectivity index (χ0) is 49.3. The van der Waals surface area contributed by atoms with Crippen molar-refractivity contribution in [2.75, 3.05) is 13.2 Å². The van der Waals surface area contributed by atoms with Gasteiger partial charge < -0.3 is 14.2 Å². The quantitative estimate of drug-likeness (QED) is 0.0262. The van der Waals surface area contributed by atoms with Gasteiger partial charge in [-0.1, -0.05) is 254 Å². The summed E-state index contributed by atoms with van der Waals surface area (Å²) in [6.07, 6.45) is 71.8. The zero-order valence-electron chi connectivity index (χ0n) is 44.9. The molecule has 1 atom stereocenters. The van der Waals surface area contributed by atoms with Gasteiger partial charge in [0, 0.05) is 19.3 Å². The van der Waals surface area contributed by atoms with Crippen LogP contribution in [0.5, 0.6) is 0 Å². The van der Waals surface area contributed by atoms with Crippen molar-refractivity contribution in [1.29, 1.82) is 0 Å². The summed E-state index contributed by atoms with van der Waals surface area (Å²) in [5.41, 5.74) is 0. The van der Waals surface area contributed by atoms with Crippen molar-refractivity contribution in [3.05, 3.63) is 72.9 Å². The second-order valence-electron chi connectivity index (χ2n) is 19.1. The van der Waals surface area contributed by atoms with Crippen molar-refractivity contribution in [3.8, 4) is 0 Å². The van der Waals surface area contributed by atoms with Crippen LogP contribution < -0.4 is 0 Å². The monoisotopic (exact) mass is 949 g/mol. The molecule has 0 aliphatic carbocycles. The minimum Gasteiger partial charge on any atom is -0.462 e. The fourth-order valence-electron chi connectivity index (χ4n) is 8.18. The fourth-order valence-corrected chi connectivity index (χ4v) is 8.18. The lowest BCUT2D eigenvalue weighted by Gasteiger charge is -2.18. The molecule has 1 unspecified atom stereocenters. The van der Waals surface area contributed by atoms with Crippen LogP contribution in [0.1, 0.15) is 284 Å². The molecule has 6 nitrogen and oxygen atoms in total. The lowest BCUT2D eigenvalue weighted by Crippen LogP contribution is -2.30. The van der Waals surface area contributed by atoms with Gasteiger partial charge in [0.2, 0.25) is 0 Å². The van der Waals surface area contributed by atoms with Gasteiger partial charge >= 0.3 is 17.9 Å². The van der Waals surface area contributed by atoms with E-state index in [9.17, 15) is 14.4 Å². The standard InChI is InChI=1S/C62H108O6/c1-4-7-10-13-16-19-22-25-28-30-31-33-34-37-40-43-46-49-52-55-61(64)67-58-59(57-66-60(63)54-51-48-45-42-39-36-27-24-21-18-15-12-9-6-3)68-62(65)56-53-50-47-44-41-38-35-32-29-26-23-20-17-14-11-8-5-2/h7,9-10,12,16,18-19,21,25,28,31,33,59H,4-6,8,11,13-15,17,20,22-24,26-27,29-30,32,34-58H2,1-3H3/b10-7-,12-9-,19-16-,21-18-,28-25-,33-31-. The summed E-state index contributed by atoms with van der Waals surface area (Å²) in [7, 11) is 0. The lowest BCUT2D eigenvalue weighted by molar-refractivity contribution is -0.167. The molecule has 0 aliphatic heterocycles. The van der Waals surface area contributed by atoms with Gasteiger partial charge in [0.15, 0.2) is 6.10 Å². The van der Waals surface area contributed by atoms with Gasteiger partial charge in [-0.05, 0) is 83.5 Å². The molecule has 6 heteroatoms. The maximum atomic E-state index is 12.9. The van der Waals surface area contributed by atoms with Crippen LogP contribution in [0.3, 0.4) is 0 Å². The summed E-state index contributed by atoms with van der Waals surface area (Å²) in [6.45, 7) is 6.43. The van der Waals surface area contributed by atoms with Crippen LogP contribution >= 0.6 is 0 Å². The average molecular weight is 950 g/mol. The number of hydrogen-bond acceptors (Lipinski definition) is 6. The summed E-state index contributed by atoms with van der Waals surface area (Å²) in [5, 5.41) is 0. The molecule has 68 heavy (non-hydrogen) atoms. The Morgan fingerprint density at radius 3 is 0.897 bits per heavy atom. The van der Waals surface area contributed by atoms with Crippen LogP contribution in [0.2, 0.25) is 0 Å². The number of unbranched alkanes of at least 4 members (excludes halogenated alkanes) is 29. The first kappa shape index (κ1) is 64.8. The van der Waals surface area contributed by atoms with Gasteiger partial charge in [0.25, 0.3) is 0 Å². The molecule has 0 bridgehead atoms. The van der Waals surface area contributed by atoms with E-state index in [4.69, 9.17) is 14.2 Å². The Bertz CT molecular complexity index is 1270. The highest BCUT2D eigenvalue weighted by Gasteiger charge is 2.19. The van der Waals surface area contributed by atoms with E-state index in [1.165, 1.54) is 135 Å². The van der Waals surface area contributed by atoms with Crippen molar-refractivity contribution in [3.63, 3.8) is 0 Å². The molecular formula is C62H108O6. The number of carbonyl (C=O) groups excluding carboxylic acids is 3. The molecule has 0 N–H and O–H groups in total. The van der Waals surface area contributed by atoms with Crippen LogP contribution in [0.25, 0.3) is 0 Å². The van der Waals surface area contributed by atoms with Gasteiger partial charge in [-0.3, -0.25) is 14.4 Å². The van der Waals surface area contributed by atoms with E-state index in [0.29, 0.717) is 19.3 Å². The van der Waals surface area contributed by atoms with E-state index in [1.54, 1.807) is 0 Å². The lowest BCUT2D eigenvalue weighted by atomic mass is 10.0. The second kappa shape index (κ2) is 56.4. The van der Waals surface area contributed by atoms with E-state index in [2.05, 4.69) is 93.7 Å². The SMILES string of the molecule is CC/C=C\C/C=C\C/C=C\C/C=C\CCCCCCCCC(=O)OCC(COC(=O)CCCCCCCCC/C=C\C/C=C\CC)OC(=O)CCCCCCCCCCCCCCCCCCC. The third-order valence-electron chi connectivity index (χ3n) is 12.5. The Morgan fingerprint density at radius 1 is 0.309 bits per heavy atom. The molecule has 0 saturated carbocycles. The van der Waals surface area contributed by atoms with Crippen molar-refractivity contribution >= 4 is 17.9 Å².